The number of anilines is 1. The first-order valence-corrected chi connectivity index (χ1v) is 12.6. The van der Waals surface area contributed by atoms with Gasteiger partial charge >= 0.3 is 5.97 Å². The molecule has 1 aromatic heterocycles. The molecule has 0 aliphatic heterocycles. The molecule has 5 rings (SSSR count). The maximum absolute atomic E-state index is 11.2. The summed E-state index contributed by atoms with van der Waals surface area (Å²) in [6.45, 7) is 1.38. The Kier molecular flexibility index (Phi) is 8.14. The number of hydrogen-bond donors (Lipinski definition) is 2. The summed E-state index contributed by atoms with van der Waals surface area (Å²) in [5, 5.41) is 13.7. The summed E-state index contributed by atoms with van der Waals surface area (Å²) in [5.41, 5.74) is 5.08. The van der Waals surface area contributed by atoms with E-state index in [4.69, 9.17) is 9.47 Å². The molecule has 0 atom stereocenters. The largest absolute Gasteiger partial charge is 0.489 e. The molecule has 1 heterocycles. The Hall–Kier alpha value is -5.10. The van der Waals surface area contributed by atoms with Gasteiger partial charge in [0.25, 0.3) is 0 Å². The molecular weight excluding hydrogens is 488 g/mol. The fraction of sp³-hybridized carbons (Fsp3) is 0.0909. The number of fused-ring (bicyclic) bond motifs is 1. The predicted molar refractivity (Wildman–Crippen MR) is 154 cm³/mol. The second-order valence-corrected chi connectivity index (χ2v) is 9.03. The first-order valence-electron chi connectivity index (χ1n) is 12.6. The minimum absolute atomic E-state index is 0.250. The van der Waals surface area contributed by atoms with Crippen molar-refractivity contribution in [2.75, 3.05) is 18.5 Å². The lowest BCUT2D eigenvalue weighted by atomic mass is 10.1. The van der Waals surface area contributed by atoms with Gasteiger partial charge in [-0.05, 0) is 65.2 Å². The lowest BCUT2D eigenvalue weighted by Crippen LogP contribution is -2.12. The van der Waals surface area contributed by atoms with E-state index in [2.05, 4.69) is 16.4 Å². The zero-order valence-corrected chi connectivity index (χ0v) is 21.3. The van der Waals surface area contributed by atoms with E-state index in [1.54, 1.807) is 24.3 Å². The Balaban J connectivity index is 1.26. The van der Waals surface area contributed by atoms with Crippen molar-refractivity contribution >= 4 is 28.6 Å². The quantitative estimate of drug-likeness (QED) is 0.195. The summed E-state index contributed by atoms with van der Waals surface area (Å²) in [7, 11) is 0. The van der Waals surface area contributed by atoms with Gasteiger partial charge in [0.2, 0.25) is 0 Å². The number of benzene rings is 4. The van der Waals surface area contributed by atoms with Crippen LogP contribution in [-0.4, -0.2) is 29.2 Å². The van der Waals surface area contributed by atoms with Crippen LogP contribution in [0.15, 0.2) is 121 Å². The molecule has 0 spiro atoms. The van der Waals surface area contributed by atoms with E-state index in [0.717, 1.165) is 44.8 Å². The van der Waals surface area contributed by atoms with Crippen LogP contribution >= 0.6 is 0 Å². The van der Waals surface area contributed by atoms with E-state index >= 15 is 0 Å². The number of carboxylic acids is 1. The van der Waals surface area contributed by atoms with Gasteiger partial charge in [0, 0.05) is 11.9 Å². The van der Waals surface area contributed by atoms with Crippen molar-refractivity contribution in [3.05, 3.63) is 138 Å². The van der Waals surface area contributed by atoms with Gasteiger partial charge in [-0.3, -0.25) is 4.98 Å². The SMILES string of the molecule is O=C(O)c1ccc(C=C(CNc2cnc3ccccc3c2)COc2ccc(OCc3ccccc3)cc2)cc1. The van der Waals surface area contributed by atoms with E-state index in [9.17, 15) is 9.90 Å². The highest BCUT2D eigenvalue weighted by molar-refractivity contribution is 5.87. The van der Waals surface area contributed by atoms with Crippen LogP contribution in [0.1, 0.15) is 21.5 Å². The van der Waals surface area contributed by atoms with Crippen LogP contribution in [0.2, 0.25) is 0 Å². The fourth-order valence-corrected chi connectivity index (χ4v) is 4.03. The minimum atomic E-state index is -0.948. The second kappa shape index (κ2) is 12.4. The number of rotatable bonds is 11. The summed E-state index contributed by atoms with van der Waals surface area (Å²) < 4.78 is 12.0. The van der Waals surface area contributed by atoms with Crippen molar-refractivity contribution < 1.29 is 19.4 Å². The molecule has 6 heteroatoms. The van der Waals surface area contributed by atoms with Gasteiger partial charge in [0.1, 0.15) is 24.7 Å². The third-order valence-corrected chi connectivity index (χ3v) is 6.13. The highest BCUT2D eigenvalue weighted by Gasteiger charge is 2.06. The average Bonchev–Trinajstić information content (AvgIpc) is 2.98. The number of nitrogens with zero attached hydrogens (tertiary/aromatic N) is 1. The monoisotopic (exact) mass is 516 g/mol. The van der Waals surface area contributed by atoms with E-state index < -0.39 is 5.97 Å². The summed E-state index contributed by atoms with van der Waals surface area (Å²) >= 11 is 0. The van der Waals surface area contributed by atoms with E-state index in [1.165, 1.54) is 0 Å². The normalized spacial score (nSPS) is 11.2. The lowest BCUT2D eigenvalue weighted by Gasteiger charge is -2.13. The van der Waals surface area contributed by atoms with Crippen molar-refractivity contribution in [1.29, 1.82) is 0 Å². The van der Waals surface area contributed by atoms with E-state index in [0.29, 0.717) is 19.8 Å². The third-order valence-electron chi connectivity index (χ3n) is 6.13. The Morgan fingerprint density at radius 2 is 1.51 bits per heavy atom. The van der Waals surface area contributed by atoms with E-state index in [1.807, 2.05) is 91.1 Å². The highest BCUT2D eigenvalue weighted by atomic mass is 16.5. The number of pyridine rings is 1. The topological polar surface area (TPSA) is 80.7 Å². The Morgan fingerprint density at radius 3 is 2.26 bits per heavy atom. The predicted octanol–water partition coefficient (Wildman–Crippen LogP) is 7.09. The number of hydrogen-bond acceptors (Lipinski definition) is 5. The van der Waals surface area contributed by atoms with Gasteiger partial charge in [-0.25, -0.2) is 4.79 Å². The van der Waals surface area contributed by atoms with Crippen LogP contribution in [-0.2, 0) is 6.61 Å². The summed E-state index contributed by atoms with van der Waals surface area (Å²) in [6.07, 6.45) is 3.82. The number of carbonyl (C=O) groups is 1. The van der Waals surface area contributed by atoms with Crippen molar-refractivity contribution in [3.8, 4) is 11.5 Å². The zero-order chi connectivity index (χ0) is 26.9. The van der Waals surface area contributed by atoms with Crippen LogP contribution in [0.5, 0.6) is 11.5 Å². The first kappa shape index (κ1) is 25.5. The molecule has 2 N–H and O–H groups in total. The van der Waals surface area contributed by atoms with Crippen molar-refractivity contribution in [2.24, 2.45) is 0 Å². The molecule has 5 aromatic rings. The van der Waals surface area contributed by atoms with Gasteiger partial charge in [-0.1, -0.05) is 66.7 Å². The summed E-state index contributed by atoms with van der Waals surface area (Å²) in [4.78, 5) is 15.7. The van der Waals surface area contributed by atoms with Crippen LogP contribution in [0.25, 0.3) is 17.0 Å². The third kappa shape index (κ3) is 7.23. The standard InChI is InChI=1S/C33H28N2O4/c36-33(37)27-12-10-24(11-13-27)18-26(20-34-29-19-28-8-4-5-9-32(28)35-21-29)23-39-31-16-14-30(15-17-31)38-22-25-6-2-1-3-7-25/h1-19,21,34H,20,22-23H2,(H,36,37). The number of nitrogens with one attached hydrogen (secondary N) is 1. The Bertz CT molecular complexity index is 1560. The second-order valence-electron chi connectivity index (χ2n) is 9.03. The van der Waals surface area contributed by atoms with Crippen molar-refractivity contribution in [3.63, 3.8) is 0 Å². The molecule has 0 aliphatic rings. The van der Waals surface area contributed by atoms with Gasteiger partial charge < -0.3 is 19.9 Å². The van der Waals surface area contributed by atoms with Crippen LogP contribution in [0, 0.1) is 0 Å². The maximum Gasteiger partial charge on any atom is 0.335 e. The van der Waals surface area contributed by atoms with Crippen LogP contribution < -0.4 is 14.8 Å². The molecule has 0 bridgehead atoms. The molecule has 6 nitrogen and oxygen atoms in total. The molecule has 194 valence electrons. The van der Waals surface area contributed by atoms with Crippen molar-refractivity contribution in [2.45, 2.75) is 6.61 Å². The van der Waals surface area contributed by atoms with Crippen molar-refractivity contribution in [1.82, 2.24) is 4.98 Å². The van der Waals surface area contributed by atoms with Gasteiger partial charge in [0.15, 0.2) is 0 Å². The molecule has 4 aromatic carbocycles. The number of aromatic nitrogens is 1. The molecule has 0 aliphatic carbocycles. The molecule has 0 amide bonds. The van der Waals surface area contributed by atoms with Gasteiger partial charge in [-0.2, -0.15) is 0 Å². The number of ether oxygens (including phenoxy) is 2. The van der Waals surface area contributed by atoms with E-state index in [-0.39, 0.29) is 5.56 Å². The van der Waals surface area contributed by atoms with Crippen LogP contribution in [0.4, 0.5) is 5.69 Å². The summed E-state index contributed by atoms with van der Waals surface area (Å²) in [5.74, 6) is 0.545. The lowest BCUT2D eigenvalue weighted by molar-refractivity contribution is 0.0697. The molecule has 0 unspecified atom stereocenters. The zero-order valence-electron chi connectivity index (χ0n) is 21.3. The molecule has 0 saturated heterocycles. The maximum atomic E-state index is 11.2. The average molecular weight is 517 g/mol. The number of aromatic carboxylic acids is 1. The first-order chi connectivity index (χ1) is 19.1. The number of para-hydroxylation sites is 1. The van der Waals surface area contributed by atoms with Gasteiger partial charge in [-0.15, -0.1) is 0 Å². The molecule has 0 radical (unpaired) electrons. The molecule has 0 saturated carbocycles. The minimum Gasteiger partial charge on any atom is -0.489 e. The Morgan fingerprint density at radius 1 is 0.821 bits per heavy atom. The molecule has 39 heavy (non-hydrogen) atoms. The smallest absolute Gasteiger partial charge is 0.335 e. The highest BCUT2D eigenvalue weighted by Crippen LogP contribution is 2.21. The van der Waals surface area contributed by atoms with Crippen LogP contribution in [0.3, 0.4) is 0 Å². The Labute approximate surface area is 227 Å². The molecular formula is C33H28N2O4. The number of carboxylic acid groups (broad SMARTS) is 1. The molecule has 0 fully saturated rings. The van der Waals surface area contributed by atoms with Gasteiger partial charge in [0.05, 0.1) is 23.0 Å². The summed E-state index contributed by atoms with van der Waals surface area (Å²) in [6, 6.07) is 34.4. The fourth-order valence-electron chi connectivity index (χ4n) is 4.03.